The SMILES string of the molecule is NC1(Br)C=CC(Br)=CC1C=O. The van der Waals surface area contributed by atoms with Crippen molar-refractivity contribution < 1.29 is 4.79 Å². The summed E-state index contributed by atoms with van der Waals surface area (Å²) in [4.78, 5) is 10.5. The van der Waals surface area contributed by atoms with Crippen molar-refractivity contribution in [2.24, 2.45) is 11.7 Å². The Kier molecular flexibility index (Phi) is 2.67. The highest BCUT2D eigenvalue weighted by atomic mass is 79.9. The molecule has 0 amide bonds. The van der Waals surface area contributed by atoms with E-state index in [9.17, 15) is 4.79 Å². The van der Waals surface area contributed by atoms with Gasteiger partial charge in [0, 0.05) is 4.48 Å². The summed E-state index contributed by atoms with van der Waals surface area (Å²) in [6.45, 7) is 0. The maximum Gasteiger partial charge on any atom is 0.129 e. The molecule has 11 heavy (non-hydrogen) atoms. The van der Waals surface area contributed by atoms with Crippen LogP contribution in [-0.2, 0) is 4.79 Å². The van der Waals surface area contributed by atoms with Gasteiger partial charge in [0.15, 0.2) is 0 Å². The average Bonchev–Trinajstić information content (AvgIpc) is 1.94. The van der Waals surface area contributed by atoms with E-state index in [1.54, 1.807) is 12.2 Å². The number of alkyl halides is 1. The molecular weight excluding hydrogens is 274 g/mol. The predicted octanol–water partition coefficient (Wildman–Crippen LogP) is 1.70. The smallest absolute Gasteiger partial charge is 0.129 e. The normalized spacial score (nSPS) is 36.6. The number of hydrogen-bond donors (Lipinski definition) is 1. The zero-order valence-electron chi connectivity index (χ0n) is 5.63. The largest absolute Gasteiger partial charge is 0.312 e. The molecule has 2 N–H and O–H groups in total. The van der Waals surface area contributed by atoms with Crippen molar-refractivity contribution in [2.45, 2.75) is 4.45 Å². The lowest BCUT2D eigenvalue weighted by atomic mass is 9.97. The van der Waals surface area contributed by atoms with Gasteiger partial charge >= 0.3 is 0 Å². The van der Waals surface area contributed by atoms with Gasteiger partial charge in [-0.2, -0.15) is 0 Å². The van der Waals surface area contributed by atoms with Crippen LogP contribution in [0.25, 0.3) is 0 Å². The van der Waals surface area contributed by atoms with Crippen LogP contribution < -0.4 is 5.73 Å². The van der Waals surface area contributed by atoms with Crippen LogP contribution in [0.15, 0.2) is 22.7 Å². The molecule has 0 radical (unpaired) electrons. The molecular formula is C7H7Br2NO. The zero-order chi connectivity index (χ0) is 8.48. The first kappa shape index (κ1) is 9.16. The molecule has 0 aromatic rings. The Morgan fingerprint density at radius 3 is 2.82 bits per heavy atom. The monoisotopic (exact) mass is 279 g/mol. The Morgan fingerprint density at radius 2 is 2.36 bits per heavy atom. The van der Waals surface area contributed by atoms with Gasteiger partial charge in [-0.3, -0.25) is 0 Å². The number of aldehydes is 1. The minimum Gasteiger partial charge on any atom is -0.312 e. The third-order valence-corrected chi connectivity index (χ3v) is 2.82. The average molecular weight is 281 g/mol. The molecule has 0 bridgehead atoms. The fourth-order valence-corrected chi connectivity index (χ4v) is 1.61. The van der Waals surface area contributed by atoms with E-state index in [1.165, 1.54) is 0 Å². The molecule has 1 aliphatic rings. The topological polar surface area (TPSA) is 43.1 Å². The molecule has 0 spiro atoms. The first-order valence-electron chi connectivity index (χ1n) is 3.06. The second kappa shape index (κ2) is 3.21. The third-order valence-electron chi connectivity index (χ3n) is 1.49. The van der Waals surface area contributed by atoms with Crippen molar-refractivity contribution in [1.29, 1.82) is 0 Å². The molecule has 0 saturated heterocycles. The fourth-order valence-electron chi connectivity index (χ4n) is 0.817. The van der Waals surface area contributed by atoms with Gasteiger partial charge in [0.2, 0.25) is 0 Å². The fraction of sp³-hybridized carbons (Fsp3) is 0.286. The summed E-state index contributed by atoms with van der Waals surface area (Å²) in [7, 11) is 0. The lowest BCUT2D eigenvalue weighted by Crippen LogP contribution is -2.40. The molecule has 1 aliphatic carbocycles. The summed E-state index contributed by atoms with van der Waals surface area (Å²) in [5.74, 6) is -0.304. The van der Waals surface area contributed by atoms with Crippen LogP contribution in [-0.4, -0.2) is 10.7 Å². The molecule has 2 atom stereocenters. The van der Waals surface area contributed by atoms with E-state index in [4.69, 9.17) is 5.73 Å². The van der Waals surface area contributed by atoms with Crippen LogP contribution in [0.5, 0.6) is 0 Å². The molecule has 2 unspecified atom stereocenters. The first-order valence-corrected chi connectivity index (χ1v) is 4.64. The van der Waals surface area contributed by atoms with Crippen molar-refractivity contribution in [2.75, 3.05) is 0 Å². The maximum atomic E-state index is 10.5. The second-order valence-electron chi connectivity index (χ2n) is 2.37. The van der Waals surface area contributed by atoms with Crippen molar-refractivity contribution in [3.05, 3.63) is 22.7 Å². The molecule has 0 aromatic carbocycles. The van der Waals surface area contributed by atoms with Crippen molar-refractivity contribution in [3.63, 3.8) is 0 Å². The van der Waals surface area contributed by atoms with E-state index in [0.29, 0.717) is 0 Å². The minimum atomic E-state index is -0.716. The number of allylic oxidation sites excluding steroid dienone is 2. The van der Waals surface area contributed by atoms with Gasteiger partial charge in [0.05, 0.1) is 5.92 Å². The van der Waals surface area contributed by atoms with Crippen LogP contribution in [0, 0.1) is 5.92 Å². The van der Waals surface area contributed by atoms with Crippen LogP contribution >= 0.6 is 31.9 Å². The maximum absolute atomic E-state index is 10.5. The quantitative estimate of drug-likeness (QED) is 0.451. The summed E-state index contributed by atoms with van der Waals surface area (Å²) in [6, 6.07) is 0. The van der Waals surface area contributed by atoms with E-state index >= 15 is 0 Å². The van der Waals surface area contributed by atoms with Crippen LogP contribution in [0.4, 0.5) is 0 Å². The highest BCUT2D eigenvalue weighted by molar-refractivity contribution is 9.12. The van der Waals surface area contributed by atoms with Crippen molar-refractivity contribution >= 4 is 38.1 Å². The van der Waals surface area contributed by atoms with Crippen molar-refractivity contribution in [3.8, 4) is 0 Å². The first-order chi connectivity index (χ1) is 5.06. The lowest BCUT2D eigenvalue weighted by molar-refractivity contribution is -0.110. The molecule has 1 rings (SSSR count). The molecule has 0 fully saturated rings. The Labute approximate surface area is 81.8 Å². The van der Waals surface area contributed by atoms with Gasteiger partial charge in [-0.05, 0) is 6.08 Å². The molecule has 60 valence electrons. The van der Waals surface area contributed by atoms with E-state index < -0.39 is 4.45 Å². The Hall–Kier alpha value is 0.0700. The van der Waals surface area contributed by atoms with Gasteiger partial charge in [0.25, 0.3) is 0 Å². The van der Waals surface area contributed by atoms with Crippen LogP contribution in [0.2, 0.25) is 0 Å². The third kappa shape index (κ3) is 2.01. The van der Waals surface area contributed by atoms with E-state index in [-0.39, 0.29) is 5.92 Å². The van der Waals surface area contributed by atoms with Crippen LogP contribution in [0.1, 0.15) is 0 Å². The number of nitrogens with two attached hydrogens (primary N) is 1. The molecule has 0 aliphatic heterocycles. The van der Waals surface area contributed by atoms with Gasteiger partial charge < -0.3 is 10.5 Å². The number of carbonyl (C=O) groups is 1. The molecule has 0 aromatic heterocycles. The van der Waals surface area contributed by atoms with Gasteiger partial charge in [-0.15, -0.1) is 0 Å². The summed E-state index contributed by atoms with van der Waals surface area (Å²) >= 11 is 6.50. The summed E-state index contributed by atoms with van der Waals surface area (Å²) < 4.78 is 0.168. The molecule has 4 heteroatoms. The molecule has 2 nitrogen and oxygen atoms in total. The number of carbonyl (C=O) groups excluding carboxylic acids is 1. The van der Waals surface area contributed by atoms with E-state index in [0.717, 1.165) is 10.8 Å². The zero-order valence-corrected chi connectivity index (χ0v) is 8.80. The van der Waals surface area contributed by atoms with E-state index in [1.807, 2.05) is 6.08 Å². The summed E-state index contributed by atoms with van der Waals surface area (Å²) in [6.07, 6.45) is 6.14. The highest BCUT2D eigenvalue weighted by Crippen LogP contribution is 2.30. The van der Waals surface area contributed by atoms with Crippen molar-refractivity contribution in [1.82, 2.24) is 0 Å². The second-order valence-corrected chi connectivity index (χ2v) is 4.66. The Balaban J connectivity index is 2.92. The highest BCUT2D eigenvalue weighted by Gasteiger charge is 2.29. The van der Waals surface area contributed by atoms with Gasteiger partial charge in [-0.1, -0.05) is 44.0 Å². The van der Waals surface area contributed by atoms with Gasteiger partial charge in [0.1, 0.15) is 10.7 Å². The Bertz CT molecular complexity index is 233. The Morgan fingerprint density at radius 1 is 1.73 bits per heavy atom. The minimum absolute atomic E-state index is 0.304. The van der Waals surface area contributed by atoms with Gasteiger partial charge in [-0.25, -0.2) is 0 Å². The van der Waals surface area contributed by atoms with Crippen LogP contribution in [0.3, 0.4) is 0 Å². The number of hydrogen-bond acceptors (Lipinski definition) is 2. The summed E-state index contributed by atoms with van der Waals surface area (Å²) in [5.41, 5.74) is 5.73. The molecule has 0 saturated carbocycles. The van der Waals surface area contributed by atoms with E-state index in [2.05, 4.69) is 31.9 Å². The summed E-state index contributed by atoms with van der Waals surface area (Å²) in [5, 5.41) is 0. The standard InChI is InChI=1S/C7H7Br2NO/c8-6-1-2-7(9,10)5(3-6)4-11/h1-5H,10H2. The number of rotatable bonds is 1. The predicted molar refractivity (Wildman–Crippen MR) is 51.5 cm³/mol. The lowest BCUT2D eigenvalue weighted by Gasteiger charge is -2.25. The number of halogens is 2. The molecule has 0 heterocycles.